The Morgan fingerprint density at radius 1 is 1.09 bits per heavy atom. The summed E-state index contributed by atoms with van der Waals surface area (Å²) in [6, 6.07) is 13.9. The highest BCUT2D eigenvalue weighted by Crippen LogP contribution is 2.38. The van der Waals surface area contributed by atoms with Crippen molar-refractivity contribution in [3.05, 3.63) is 97.3 Å². The maximum absolute atomic E-state index is 14.0. The van der Waals surface area contributed by atoms with Gasteiger partial charge in [0.2, 0.25) is 0 Å². The molecule has 6 nitrogen and oxygen atoms in total. The fourth-order valence-corrected chi connectivity index (χ4v) is 4.32. The molecule has 35 heavy (non-hydrogen) atoms. The van der Waals surface area contributed by atoms with Gasteiger partial charge in [-0.15, -0.1) is 0 Å². The molecule has 0 saturated carbocycles. The van der Waals surface area contributed by atoms with Gasteiger partial charge in [0, 0.05) is 5.56 Å². The fourth-order valence-electron chi connectivity index (χ4n) is 3.43. The van der Waals surface area contributed by atoms with Gasteiger partial charge in [-0.3, -0.25) is 9.69 Å². The Balaban J connectivity index is 1.54. The molecule has 1 heterocycles. The van der Waals surface area contributed by atoms with E-state index in [1.54, 1.807) is 42.5 Å². The number of imide groups is 1. The third-order valence-corrected chi connectivity index (χ3v) is 6.51. The van der Waals surface area contributed by atoms with Crippen molar-refractivity contribution in [2.45, 2.75) is 13.2 Å². The van der Waals surface area contributed by atoms with Gasteiger partial charge < -0.3 is 14.8 Å². The molecular formula is C25H18BrCl2FN2O4. The van der Waals surface area contributed by atoms with Gasteiger partial charge in [-0.1, -0.05) is 47.5 Å². The van der Waals surface area contributed by atoms with E-state index >= 15 is 0 Å². The Labute approximate surface area is 219 Å². The second kappa shape index (κ2) is 10.7. The van der Waals surface area contributed by atoms with Crippen molar-refractivity contribution >= 4 is 57.1 Å². The second-order valence-corrected chi connectivity index (χ2v) is 9.21. The number of carbonyl (C=O) groups is 2. The Hall–Kier alpha value is -3.07. The number of ether oxygens (including phenoxy) is 2. The highest BCUT2D eigenvalue weighted by Gasteiger charge is 2.34. The van der Waals surface area contributed by atoms with E-state index in [2.05, 4.69) is 21.2 Å². The summed E-state index contributed by atoms with van der Waals surface area (Å²) in [5.41, 5.74) is 1.69. The molecule has 0 unspecified atom stereocenters. The first-order valence-electron chi connectivity index (χ1n) is 10.3. The van der Waals surface area contributed by atoms with E-state index in [0.717, 1.165) is 10.5 Å². The molecule has 3 amide bonds. The second-order valence-electron chi connectivity index (χ2n) is 7.54. The summed E-state index contributed by atoms with van der Waals surface area (Å²) in [6.45, 7) is 0.0367. The number of halogens is 4. The molecule has 0 aliphatic carbocycles. The minimum Gasteiger partial charge on any atom is -0.493 e. The molecule has 1 saturated heterocycles. The lowest BCUT2D eigenvalue weighted by Gasteiger charge is -2.14. The molecule has 3 aromatic carbocycles. The van der Waals surface area contributed by atoms with Crippen LogP contribution in [-0.4, -0.2) is 23.9 Å². The fraction of sp³-hybridized carbons (Fsp3) is 0.120. The summed E-state index contributed by atoms with van der Waals surface area (Å²) in [4.78, 5) is 26.1. The van der Waals surface area contributed by atoms with E-state index < -0.39 is 17.8 Å². The highest BCUT2D eigenvalue weighted by atomic mass is 79.9. The van der Waals surface area contributed by atoms with Crippen LogP contribution in [0.15, 0.2) is 64.8 Å². The predicted molar refractivity (Wildman–Crippen MR) is 135 cm³/mol. The molecule has 4 rings (SSSR count). The summed E-state index contributed by atoms with van der Waals surface area (Å²) in [7, 11) is 1.49. The number of urea groups is 1. The minimum atomic E-state index is -0.628. The van der Waals surface area contributed by atoms with Crippen molar-refractivity contribution in [3.8, 4) is 11.5 Å². The molecule has 0 atom stereocenters. The Kier molecular flexibility index (Phi) is 7.64. The number of nitrogens with one attached hydrogen (secondary N) is 1. The Bertz CT molecular complexity index is 1350. The van der Waals surface area contributed by atoms with Crippen LogP contribution in [-0.2, 0) is 17.9 Å². The zero-order valence-corrected chi connectivity index (χ0v) is 21.4. The van der Waals surface area contributed by atoms with Crippen molar-refractivity contribution in [2.24, 2.45) is 0 Å². The van der Waals surface area contributed by atoms with Crippen LogP contribution in [0.25, 0.3) is 6.08 Å². The minimum absolute atomic E-state index is 0.0600. The maximum atomic E-state index is 14.0. The van der Waals surface area contributed by atoms with E-state index in [9.17, 15) is 14.0 Å². The predicted octanol–water partition coefficient (Wildman–Crippen LogP) is 6.58. The zero-order valence-electron chi connectivity index (χ0n) is 18.3. The van der Waals surface area contributed by atoms with Gasteiger partial charge in [0.15, 0.2) is 11.5 Å². The monoisotopic (exact) mass is 578 g/mol. The molecule has 3 aromatic rings. The SMILES string of the molecule is COc1cc(/C=C2/NC(=O)N(Cc3ccccc3F)C2=O)cc(Br)c1OCc1ccc(Cl)c(Cl)c1. The standard InChI is InChI=1S/C25H18BrCl2FN2O4/c1-34-22-11-15(8-17(26)23(22)35-13-14-6-7-18(27)19(28)9-14)10-21-24(32)31(25(33)30-21)12-16-4-2-3-5-20(16)29/h2-11H,12-13H2,1H3,(H,30,33)/b21-10+. The van der Waals surface area contributed by atoms with Gasteiger partial charge in [0.05, 0.1) is 28.2 Å². The normalized spacial score (nSPS) is 14.4. The first-order chi connectivity index (χ1) is 16.8. The molecule has 0 radical (unpaired) electrons. The topological polar surface area (TPSA) is 67.9 Å². The lowest BCUT2D eigenvalue weighted by Crippen LogP contribution is -2.30. The van der Waals surface area contributed by atoms with Crippen molar-refractivity contribution in [2.75, 3.05) is 7.11 Å². The summed E-state index contributed by atoms with van der Waals surface area (Å²) < 4.78 is 26.0. The van der Waals surface area contributed by atoms with E-state index in [4.69, 9.17) is 32.7 Å². The summed E-state index contributed by atoms with van der Waals surface area (Å²) in [5.74, 6) is -0.195. The first kappa shape index (κ1) is 25.0. The number of hydrogen-bond acceptors (Lipinski definition) is 4. The van der Waals surface area contributed by atoms with E-state index in [0.29, 0.717) is 31.6 Å². The van der Waals surface area contributed by atoms with Crippen molar-refractivity contribution in [3.63, 3.8) is 0 Å². The molecule has 0 spiro atoms. The molecule has 1 aliphatic heterocycles. The number of methoxy groups -OCH3 is 1. The van der Waals surface area contributed by atoms with Crippen LogP contribution >= 0.6 is 39.1 Å². The Morgan fingerprint density at radius 3 is 2.57 bits per heavy atom. The third-order valence-electron chi connectivity index (χ3n) is 5.18. The van der Waals surface area contributed by atoms with Crippen LogP contribution in [0.5, 0.6) is 11.5 Å². The molecule has 180 valence electrons. The first-order valence-corrected chi connectivity index (χ1v) is 11.8. The zero-order chi connectivity index (χ0) is 25.1. The molecule has 0 aromatic heterocycles. The highest BCUT2D eigenvalue weighted by molar-refractivity contribution is 9.10. The van der Waals surface area contributed by atoms with Crippen LogP contribution in [0.3, 0.4) is 0 Å². The van der Waals surface area contributed by atoms with E-state index in [-0.39, 0.29) is 24.4 Å². The number of hydrogen-bond donors (Lipinski definition) is 1. The molecule has 1 N–H and O–H groups in total. The van der Waals surface area contributed by atoms with Gasteiger partial charge in [0.1, 0.15) is 18.1 Å². The van der Waals surface area contributed by atoms with Crippen LogP contribution < -0.4 is 14.8 Å². The molecule has 1 aliphatic rings. The summed E-state index contributed by atoms with van der Waals surface area (Å²) in [5, 5.41) is 3.41. The van der Waals surface area contributed by atoms with Crippen molar-refractivity contribution in [1.29, 1.82) is 0 Å². The third kappa shape index (κ3) is 5.61. The summed E-state index contributed by atoms with van der Waals surface area (Å²) >= 11 is 15.5. The number of amides is 3. The molecule has 0 bridgehead atoms. The number of carbonyl (C=O) groups excluding carboxylic acids is 2. The van der Waals surface area contributed by atoms with Crippen LogP contribution in [0, 0.1) is 5.82 Å². The average molecular weight is 580 g/mol. The van der Waals surface area contributed by atoms with Crippen LogP contribution in [0.1, 0.15) is 16.7 Å². The van der Waals surface area contributed by atoms with Crippen molar-refractivity contribution < 1.29 is 23.5 Å². The smallest absolute Gasteiger partial charge is 0.329 e. The van der Waals surface area contributed by atoms with Gasteiger partial charge in [-0.05, 0) is 63.5 Å². The lowest BCUT2D eigenvalue weighted by molar-refractivity contribution is -0.123. The molecular weight excluding hydrogens is 562 g/mol. The van der Waals surface area contributed by atoms with Gasteiger partial charge in [0.25, 0.3) is 5.91 Å². The molecule has 1 fully saturated rings. The van der Waals surface area contributed by atoms with Gasteiger partial charge in [-0.25, -0.2) is 9.18 Å². The van der Waals surface area contributed by atoms with Crippen LogP contribution in [0.4, 0.5) is 9.18 Å². The van der Waals surface area contributed by atoms with Gasteiger partial charge in [-0.2, -0.15) is 0 Å². The average Bonchev–Trinajstić information content (AvgIpc) is 3.08. The maximum Gasteiger partial charge on any atom is 0.329 e. The lowest BCUT2D eigenvalue weighted by atomic mass is 10.1. The van der Waals surface area contributed by atoms with Gasteiger partial charge >= 0.3 is 6.03 Å². The number of nitrogens with zero attached hydrogens (tertiary/aromatic N) is 1. The molecule has 10 heteroatoms. The van der Waals surface area contributed by atoms with E-state index in [1.165, 1.54) is 25.3 Å². The largest absolute Gasteiger partial charge is 0.493 e. The number of rotatable bonds is 7. The Morgan fingerprint density at radius 2 is 1.86 bits per heavy atom. The number of benzene rings is 3. The quantitative estimate of drug-likeness (QED) is 0.254. The van der Waals surface area contributed by atoms with E-state index in [1.807, 2.05) is 0 Å². The summed E-state index contributed by atoms with van der Waals surface area (Å²) in [6.07, 6.45) is 1.51. The van der Waals surface area contributed by atoms with Crippen LogP contribution in [0.2, 0.25) is 10.0 Å². The van der Waals surface area contributed by atoms with Crippen molar-refractivity contribution in [1.82, 2.24) is 10.2 Å².